The van der Waals surface area contributed by atoms with E-state index in [0.717, 1.165) is 3.92 Å². The van der Waals surface area contributed by atoms with E-state index in [1.807, 2.05) is 0 Å². The summed E-state index contributed by atoms with van der Waals surface area (Å²) < 4.78 is 0.732. The molecule has 0 aliphatic heterocycles. The summed E-state index contributed by atoms with van der Waals surface area (Å²) in [6.07, 6.45) is 5.22. The van der Waals surface area contributed by atoms with Crippen LogP contribution >= 0.6 is 34.4 Å². The molecule has 1 saturated carbocycles. The second-order valence-electron chi connectivity index (χ2n) is 2.55. The average Bonchev–Trinajstić information content (AvgIpc) is 1.94. The number of thioether (sulfide) groups is 1. The summed E-state index contributed by atoms with van der Waals surface area (Å²) in [4.78, 5) is 0. The van der Waals surface area contributed by atoms with Gasteiger partial charge < -0.3 is 0 Å². The van der Waals surface area contributed by atoms with Crippen molar-refractivity contribution in [3.8, 4) is 5.40 Å². The van der Waals surface area contributed by atoms with Gasteiger partial charge in [-0.25, -0.2) is 0 Å². The van der Waals surface area contributed by atoms with Crippen LogP contribution in [0.5, 0.6) is 0 Å². The van der Waals surface area contributed by atoms with Gasteiger partial charge in [-0.3, -0.25) is 0 Å². The number of rotatable bonds is 1. The molecule has 3 heteroatoms. The molecule has 1 aliphatic carbocycles. The average molecular weight is 267 g/mol. The normalized spacial score (nSPS) is 33.2. The highest BCUT2D eigenvalue weighted by molar-refractivity contribution is 14.1. The van der Waals surface area contributed by atoms with Crippen LogP contribution < -0.4 is 0 Å². The predicted molar refractivity (Wildman–Crippen MR) is 53.3 cm³/mol. The first kappa shape index (κ1) is 8.66. The molecule has 0 heterocycles. The molecule has 0 amide bonds. The van der Waals surface area contributed by atoms with Crippen molar-refractivity contribution >= 4 is 34.4 Å². The molecule has 1 fully saturated rings. The highest BCUT2D eigenvalue weighted by Crippen LogP contribution is 2.32. The zero-order valence-corrected chi connectivity index (χ0v) is 8.69. The van der Waals surface area contributed by atoms with Crippen molar-refractivity contribution in [1.29, 1.82) is 5.26 Å². The minimum Gasteiger partial charge on any atom is -0.185 e. The fourth-order valence-corrected chi connectivity index (χ4v) is 3.20. The van der Waals surface area contributed by atoms with Crippen molar-refractivity contribution in [2.45, 2.75) is 34.9 Å². The van der Waals surface area contributed by atoms with Crippen molar-refractivity contribution in [2.75, 3.05) is 0 Å². The van der Waals surface area contributed by atoms with Gasteiger partial charge in [0.25, 0.3) is 0 Å². The number of alkyl halides is 1. The largest absolute Gasteiger partial charge is 0.185 e. The number of nitrogens with zero attached hydrogens (tertiary/aromatic N) is 1. The molecule has 2 atom stereocenters. The topological polar surface area (TPSA) is 23.8 Å². The molecule has 0 radical (unpaired) electrons. The monoisotopic (exact) mass is 267 g/mol. The molecule has 0 aromatic carbocycles. The van der Waals surface area contributed by atoms with Crippen molar-refractivity contribution in [3.05, 3.63) is 0 Å². The Bertz CT molecular complexity index is 143. The summed E-state index contributed by atoms with van der Waals surface area (Å²) in [5, 5.41) is 11.2. The summed E-state index contributed by atoms with van der Waals surface area (Å²) in [7, 11) is 0. The Labute approximate surface area is 79.7 Å². The summed E-state index contributed by atoms with van der Waals surface area (Å²) in [6.45, 7) is 0. The SMILES string of the molecule is N#CS[C@@H]1CCCC[C@H]1I. The number of nitriles is 1. The van der Waals surface area contributed by atoms with Gasteiger partial charge in [0.15, 0.2) is 0 Å². The lowest BCUT2D eigenvalue weighted by atomic mass is 10.0. The maximum absolute atomic E-state index is 8.45. The van der Waals surface area contributed by atoms with Gasteiger partial charge in [-0.2, -0.15) is 5.26 Å². The molecule has 0 N–H and O–H groups in total. The van der Waals surface area contributed by atoms with E-state index >= 15 is 0 Å². The predicted octanol–water partition coefficient (Wildman–Crippen LogP) is 2.95. The summed E-state index contributed by atoms with van der Waals surface area (Å²) in [5.74, 6) is 0. The van der Waals surface area contributed by atoms with Crippen LogP contribution in [0.15, 0.2) is 0 Å². The third-order valence-electron chi connectivity index (χ3n) is 1.83. The molecule has 0 aromatic rings. The van der Waals surface area contributed by atoms with E-state index in [1.165, 1.54) is 37.4 Å². The minimum atomic E-state index is 0.611. The molecule has 0 spiro atoms. The lowest BCUT2D eigenvalue weighted by Crippen LogP contribution is -2.20. The van der Waals surface area contributed by atoms with Crippen LogP contribution in [0.3, 0.4) is 0 Å². The van der Waals surface area contributed by atoms with E-state index in [2.05, 4.69) is 28.0 Å². The Hall–Kier alpha value is 0.570. The molecular formula is C7H10INS. The van der Waals surface area contributed by atoms with Gasteiger partial charge in [-0.15, -0.1) is 0 Å². The van der Waals surface area contributed by atoms with Gasteiger partial charge in [0.1, 0.15) is 5.40 Å². The van der Waals surface area contributed by atoms with Gasteiger partial charge >= 0.3 is 0 Å². The van der Waals surface area contributed by atoms with E-state index in [1.54, 1.807) is 0 Å². The Morgan fingerprint density at radius 2 is 2.10 bits per heavy atom. The Kier molecular flexibility index (Phi) is 3.85. The van der Waals surface area contributed by atoms with Gasteiger partial charge in [0.05, 0.1) is 0 Å². The quantitative estimate of drug-likeness (QED) is 0.414. The second kappa shape index (κ2) is 4.45. The smallest absolute Gasteiger partial charge is 0.133 e. The highest BCUT2D eigenvalue weighted by atomic mass is 127. The molecule has 56 valence electrons. The maximum atomic E-state index is 8.45. The van der Waals surface area contributed by atoms with Crippen molar-refractivity contribution in [1.82, 2.24) is 0 Å². The zero-order chi connectivity index (χ0) is 7.40. The molecule has 0 unspecified atom stereocenters. The molecule has 0 saturated heterocycles. The maximum Gasteiger partial charge on any atom is 0.133 e. The molecule has 1 rings (SSSR count). The summed E-state index contributed by atoms with van der Waals surface area (Å²) >= 11 is 3.93. The first-order valence-electron chi connectivity index (χ1n) is 3.53. The van der Waals surface area contributed by atoms with Crippen molar-refractivity contribution in [2.24, 2.45) is 0 Å². The van der Waals surface area contributed by atoms with E-state index in [9.17, 15) is 0 Å². The Balaban J connectivity index is 2.34. The Morgan fingerprint density at radius 1 is 1.40 bits per heavy atom. The lowest BCUT2D eigenvalue weighted by molar-refractivity contribution is 0.540. The van der Waals surface area contributed by atoms with Crippen molar-refractivity contribution in [3.63, 3.8) is 0 Å². The van der Waals surface area contributed by atoms with Gasteiger partial charge in [0.2, 0.25) is 0 Å². The molecule has 0 bridgehead atoms. The number of thiocyanates is 1. The lowest BCUT2D eigenvalue weighted by Gasteiger charge is -2.23. The zero-order valence-electron chi connectivity index (χ0n) is 5.72. The molecule has 10 heavy (non-hydrogen) atoms. The van der Waals surface area contributed by atoms with Gasteiger partial charge in [0, 0.05) is 9.17 Å². The molecular weight excluding hydrogens is 257 g/mol. The van der Waals surface area contributed by atoms with E-state index in [0.29, 0.717) is 5.25 Å². The van der Waals surface area contributed by atoms with Crippen LogP contribution in [0.2, 0.25) is 0 Å². The third kappa shape index (κ3) is 2.31. The van der Waals surface area contributed by atoms with E-state index in [4.69, 9.17) is 5.26 Å². The minimum absolute atomic E-state index is 0.611. The van der Waals surface area contributed by atoms with Gasteiger partial charge in [-0.1, -0.05) is 35.4 Å². The van der Waals surface area contributed by atoms with E-state index < -0.39 is 0 Å². The Morgan fingerprint density at radius 3 is 2.70 bits per heavy atom. The van der Waals surface area contributed by atoms with E-state index in [-0.39, 0.29) is 0 Å². The third-order valence-corrected chi connectivity index (χ3v) is 4.78. The van der Waals surface area contributed by atoms with Crippen molar-refractivity contribution < 1.29 is 0 Å². The molecule has 1 aliphatic rings. The van der Waals surface area contributed by atoms with Crippen LogP contribution in [0.1, 0.15) is 25.7 Å². The first-order chi connectivity index (χ1) is 4.84. The van der Waals surface area contributed by atoms with Crippen LogP contribution in [-0.2, 0) is 0 Å². The van der Waals surface area contributed by atoms with Crippen LogP contribution in [0, 0.1) is 10.7 Å². The number of hydrogen-bond donors (Lipinski definition) is 0. The standard InChI is InChI=1S/C7H10INS/c8-6-3-1-2-4-7(6)10-5-9/h6-7H,1-4H2/t6-,7-/m1/s1. The van der Waals surface area contributed by atoms with Crippen LogP contribution in [0.25, 0.3) is 0 Å². The summed E-state index contributed by atoms with van der Waals surface area (Å²) in [5.41, 5.74) is 0. The fraction of sp³-hybridized carbons (Fsp3) is 0.857. The van der Waals surface area contributed by atoms with Crippen LogP contribution in [0.4, 0.5) is 0 Å². The van der Waals surface area contributed by atoms with Crippen LogP contribution in [-0.4, -0.2) is 9.17 Å². The summed E-state index contributed by atoms with van der Waals surface area (Å²) in [6, 6.07) is 0. The number of hydrogen-bond acceptors (Lipinski definition) is 2. The van der Waals surface area contributed by atoms with Gasteiger partial charge in [-0.05, 0) is 24.6 Å². The fourth-order valence-electron chi connectivity index (χ4n) is 1.25. The first-order valence-corrected chi connectivity index (χ1v) is 5.66. The molecule has 1 nitrogen and oxygen atoms in total. The molecule has 0 aromatic heterocycles. The highest BCUT2D eigenvalue weighted by Gasteiger charge is 2.22. The number of halogens is 1. The second-order valence-corrected chi connectivity index (χ2v) is 5.17.